The topological polar surface area (TPSA) is 80.1 Å². The lowest BCUT2D eigenvalue weighted by Crippen LogP contribution is -2.47. The Hall–Kier alpha value is -2.70. The molecule has 0 unspecified atom stereocenters. The van der Waals surface area contributed by atoms with Gasteiger partial charge in [0, 0.05) is 12.1 Å². The molecule has 2 amide bonds. The molecule has 25 heavy (non-hydrogen) atoms. The standard InChI is InChI=1S/C18H23N5O2/c1-11(2)15(16(24)21-18-19-10-20-23(18)12(3)4)22-9-13-7-5-6-8-14(13)17(22)25/h5-8,10-12,15H,9H2,1-4H3,(H,19,20,21,24)/t15-/m1/s1. The summed E-state index contributed by atoms with van der Waals surface area (Å²) in [6.45, 7) is 8.25. The van der Waals surface area contributed by atoms with Gasteiger partial charge >= 0.3 is 0 Å². The molecule has 7 heteroatoms. The number of benzene rings is 1. The third-order valence-corrected chi connectivity index (χ3v) is 4.38. The van der Waals surface area contributed by atoms with Crippen molar-refractivity contribution in [3.63, 3.8) is 0 Å². The van der Waals surface area contributed by atoms with Gasteiger partial charge in [-0.2, -0.15) is 10.1 Å². The van der Waals surface area contributed by atoms with Crippen LogP contribution in [0.1, 0.15) is 49.7 Å². The zero-order chi connectivity index (χ0) is 18.1. The van der Waals surface area contributed by atoms with Crippen LogP contribution in [-0.2, 0) is 11.3 Å². The first-order chi connectivity index (χ1) is 11.9. The molecule has 1 atom stereocenters. The molecule has 0 fully saturated rings. The van der Waals surface area contributed by atoms with Gasteiger partial charge in [0.25, 0.3) is 5.91 Å². The van der Waals surface area contributed by atoms with E-state index in [2.05, 4.69) is 15.4 Å². The molecule has 0 saturated heterocycles. The van der Waals surface area contributed by atoms with Crippen LogP contribution < -0.4 is 5.32 Å². The molecular weight excluding hydrogens is 318 g/mol. The minimum absolute atomic E-state index is 0.0336. The largest absolute Gasteiger partial charge is 0.322 e. The summed E-state index contributed by atoms with van der Waals surface area (Å²) in [4.78, 5) is 31.4. The molecule has 0 aliphatic carbocycles. The molecule has 2 aromatic rings. The average Bonchev–Trinajstić information content (AvgIpc) is 3.13. The SMILES string of the molecule is CC(C)[C@H](C(=O)Nc1ncnn1C(C)C)N1Cc2ccccc2C1=O. The smallest absolute Gasteiger partial charge is 0.255 e. The predicted molar refractivity (Wildman–Crippen MR) is 94.0 cm³/mol. The van der Waals surface area contributed by atoms with Gasteiger partial charge in [-0.1, -0.05) is 32.0 Å². The Morgan fingerprint density at radius 3 is 2.56 bits per heavy atom. The van der Waals surface area contributed by atoms with Crippen LogP contribution in [0.2, 0.25) is 0 Å². The first-order valence-electron chi connectivity index (χ1n) is 8.49. The highest BCUT2D eigenvalue weighted by Gasteiger charge is 2.38. The van der Waals surface area contributed by atoms with Crippen LogP contribution in [0.25, 0.3) is 0 Å². The van der Waals surface area contributed by atoms with Crippen LogP contribution in [0.4, 0.5) is 5.95 Å². The Balaban J connectivity index is 1.84. The second kappa shape index (κ2) is 6.66. The summed E-state index contributed by atoms with van der Waals surface area (Å²) < 4.78 is 1.65. The molecule has 1 aliphatic heterocycles. The van der Waals surface area contributed by atoms with E-state index in [-0.39, 0.29) is 23.8 Å². The van der Waals surface area contributed by atoms with E-state index in [1.165, 1.54) is 6.33 Å². The zero-order valence-electron chi connectivity index (χ0n) is 14.9. The monoisotopic (exact) mass is 341 g/mol. The molecule has 2 heterocycles. The second-order valence-electron chi connectivity index (χ2n) is 6.89. The Bertz CT molecular complexity index is 796. The summed E-state index contributed by atoms with van der Waals surface area (Å²) in [7, 11) is 0. The van der Waals surface area contributed by atoms with Crippen molar-refractivity contribution in [2.24, 2.45) is 5.92 Å². The Labute approximate surface area is 147 Å². The molecule has 1 aromatic carbocycles. The van der Waals surface area contributed by atoms with Gasteiger partial charge in [-0.25, -0.2) is 4.68 Å². The maximum absolute atomic E-state index is 12.9. The summed E-state index contributed by atoms with van der Waals surface area (Å²) >= 11 is 0. The number of aromatic nitrogens is 3. The van der Waals surface area contributed by atoms with E-state index in [1.807, 2.05) is 52.0 Å². The molecule has 132 valence electrons. The van der Waals surface area contributed by atoms with Crippen molar-refractivity contribution in [1.82, 2.24) is 19.7 Å². The number of nitrogens with one attached hydrogen (secondary N) is 1. The van der Waals surface area contributed by atoms with Crippen molar-refractivity contribution in [2.75, 3.05) is 5.32 Å². The number of anilines is 1. The molecule has 0 spiro atoms. The first kappa shape index (κ1) is 17.1. The fraction of sp³-hybridized carbons (Fsp3) is 0.444. The van der Waals surface area contributed by atoms with Crippen LogP contribution in [0.3, 0.4) is 0 Å². The molecule has 1 aromatic heterocycles. The van der Waals surface area contributed by atoms with E-state index < -0.39 is 6.04 Å². The summed E-state index contributed by atoms with van der Waals surface area (Å²) in [6, 6.07) is 6.99. The van der Waals surface area contributed by atoms with Crippen LogP contribution in [0, 0.1) is 5.92 Å². The van der Waals surface area contributed by atoms with Gasteiger partial charge in [0.15, 0.2) is 0 Å². The number of amides is 2. The molecule has 3 rings (SSSR count). The van der Waals surface area contributed by atoms with Crippen molar-refractivity contribution in [3.05, 3.63) is 41.7 Å². The molecule has 0 radical (unpaired) electrons. The average molecular weight is 341 g/mol. The van der Waals surface area contributed by atoms with Crippen molar-refractivity contribution < 1.29 is 9.59 Å². The maximum atomic E-state index is 12.9. The zero-order valence-corrected chi connectivity index (χ0v) is 14.9. The lowest BCUT2D eigenvalue weighted by Gasteiger charge is -2.29. The molecule has 0 saturated carbocycles. The quantitative estimate of drug-likeness (QED) is 0.906. The van der Waals surface area contributed by atoms with Gasteiger partial charge in [0.1, 0.15) is 12.4 Å². The number of carbonyl (C=O) groups excluding carboxylic acids is 2. The van der Waals surface area contributed by atoms with Gasteiger partial charge in [0.05, 0.1) is 6.04 Å². The fourth-order valence-corrected chi connectivity index (χ4v) is 3.21. The van der Waals surface area contributed by atoms with Gasteiger partial charge in [-0.05, 0) is 31.4 Å². The van der Waals surface area contributed by atoms with Crippen LogP contribution in [0.15, 0.2) is 30.6 Å². The minimum atomic E-state index is -0.572. The Morgan fingerprint density at radius 2 is 1.92 bits per heavy atom. The van der Waals surface area contributed by atoms with Crippen LogP contribution in [0.5, 0.6) is 0 Å². The molecule has 7 nitrogen and oxygen atoms in total. The van der Waals surface area contributed by atoms with E-state index >= 15 is 0 Å². The minimum Gasteiger partial charge on any atom is -0.322 e. The summed E-state index contributed by atoms with van der Waals surface area (Å²) in [5, 5.41) is 6.96. The number of carbonyl (C=O) groups is 2. The van der Waals surface area contributed by atoms with E-state index in [0.717, 1.165) is 5.56 Å². The predicted octanol–water partition coefficient (Wildman–Crippen LogP) is 2.48. The lowest BCUT2D eigenvalue weighted by molar-refractivity contribution is -0.122. The number of hydrogen-bond acceptors (Lipinski definition) is 4. The van der Waals surface area contributed by atoms with Gasteiger partial charge in [-0.15, -0.1) is 0 Å². The van der Waals surface area contributed by atoms with E-state index in [9.17, 15) is 9.59 Å². The van der Waals surface area contributed by atoms with Crippen molar-refractivity contribution in [2.45, 2.75) is 46.3 Å². The molecule has 0 bridgehead atoms. The summed E-state index contributed by atoms with van der Waals surface area (Å²) in [5.74, 6) is 0.0179. The normalized spacial score (nSPS) is 15.0. The highest BCUT2D eigenvalue weighted by molar-refractivity contribution is 6.03. The van der Waals surface area contributed by atoms with Crippen LogP contribution >= 0.6 is 0 Å². The highest BCUT2D eigenvalue weighted by atomic mass is 16.2. The number of hydrogen-bond donors (Lipinski definition) is 1. The number of nitrogens with zero attached hydrogens (tertiary/aromatic N) is 4. The molecule has 1 N–H and O–H groups in total. The van der Waals surface area contributed by atoms with Gasteiger partial charge in [0.2, 0.25) is 11.9 Å². The Morgan fingerprint density at radius 1 is 1.20 bits per heavy atom. The third-order valence-electron chi connectivity index (χ3n) is 4.38. The fourth-order valence-electron chi connectivity index (χ4n) is 3.21. The first-order valence-corrected chi connectivity index (χ1v) is 8.49. The lowest BCUT2D eigenvalue weighted by atomic mass is 10.0. The number of rotatable bonds is 5. The molecular formula is C18H23N5O2. The summed E-state index contributed by atoms with van der Waals surface area (Å²) in [5.41, 5.74) is 1.63. The third kappa shape index (κ3) is 3.14. The van der Waals surface area contributed by atoms with E-state index in [1.54, 1.807) is 9.58 Å². The van der Waals surface area contributed by atoms with E-state index in [4.69, 9.17) is 0 Å². The van der Waals surface area contributed by atoms with E-state index in [0.29, 0.717) is 18.1 Å². The van der Waals surface area contributed by atoms with Gasteiger partial charge in [-0.3, -0.25) is 14.9 Å². The molecule has 1 aliphatic rings. The highest BCUT2D eigenvalue weighted by Crippen LogP contribution is 2.27. The van der Waals surface area contributed by atoms with Crippen molar-refractivity contribution in [1.29, 1.82) is 0 Å². The summed E-state index contributed by atoms with van der Waals surface area (Å²) in [6.07, 6.45) is 1.41. The van der Waals surface area contributed by atoms with Crippen molar-refractivity contribution >= 4 is 17.8 Å². The number of fused-ring (bicyclic) bond motifs is 1. The van der Waals surface area contributed by atoms with Gasteiger partial charge < -0.3 is 4.90 Å². The maximum Gasteiger partial charge on any atom is 0.255 e. The van der Waals surface area contributed by atoms with Crippen LogP contribution in [-0.4, -0.2) is 37.5 Å². The van der Waals surface area contributed by atoms with Crippen molar-refractivity contribution in [3.8, 4) is 0 Å². The Kier molecular flexibility index (Phi) is 4.57. The second-order valence-corrected chi connectivity index (χ2v) is 6.89.